The van der Waals surface area contributed by atoms with Crippen molar-refractivity contribution in [2.45, 2.75) is 31.7 Å². The highest BCUT2D eigenvalue weighted by Gasteiger charge is 2.65. The van der Waals surface area contributed by atoms with Gasteiger partial charge >= 0.3 is 5.97 Å². The van der Waals surface area contributed by atoms with E-state index in [1.807, 2.05) is 51.3 Å². The zero-order valence-electron chi connectivity index (χ0n) is 12.7. The number of nitrogens with one attached hydrogen (secondary N) is 1. The number of carboxylic acids is 1. The molecule has 1 fully saturated rings. The molecule has 3 atom stereocenters. The minimum atomic E-state index is -0.892. The summed E-state index contributed by atoms with van der Waals surface area (Å²) in [5.74, 6) is -2.09. The van der Waals surface area contributed by atoms with Gasteiger partial charge in [0, 0.05) is 4.90 Å². The molecular weight excluding hydrogens is 286 g/mol. The summed E-state index contributed by atoms with van der Waals surface area (Å²) < 4.78 is 0. The summed E-state index contributed by atoms with van der Waals surface area (Å²) in [6, 6.07) is 7.89. The molecule has 1 unspecified atom stereocenters. The minimum absolute atomic E-state index is 0.126. The first-order valence-corrected chi connectivity index (χ1v) is 8.18. The second kappa shape index (κ2) is 5.72. The Balaban J connectivity index is 2.01. The lowest BCUT2D eigenvalue weighted by Gasteiger charge is -2.15. The van der Waals surface area contributed by atoms with Crippen molar-refractivity contribution in [1.29, 1.82) is 0 Å². The molecule has 0 spiro atoms. The molecule has 0 heterocycles. The third kappa shape index (κ3) is 3.07. The van der Waals surface area contributed by atoms with Crippen LogP contribution in [0.4, 0.5) is 0 Å². The van der Waals surface area contributed by atoms with Gasteiger partial charge in [-0.25, -0.2) is 0 Å². The largest absolute Gasteiger partial charge is 0.481 e. The molecule has 2 N–H and O–H groups in total. The van der Waals surface area contributed by atoms with E-state index < -0.39 is 23.2 Å². The molecule has 0 bridgehead atoms. The molecule has 1 aliphatic rings. The number of rotatable bonds is 5. The van der Waals surface area contributed by atoms with Gasteiger partial charge in [0.05, 0.1) is 17.9 Å². The van der Waals surface area contributed by atoms with Crippen LogP contribution in [0.3, 0.4) is 0 Å². The Kier molecular flexibility index (Phi) is 4.33. The third-order valence-electron chi connectivity index (χ3n) is 4.35. The van der Waals surface area contributed by atoms with E-state index in [0.29, 0.717) is 0 Å². The predicted molar refractivity (Wildman–Crippen MR) is 83.2 cm³/mol. The Morgan fingerprint density at radius 2 is 1.81 bits per heavy atom. The molecule has 0 aromatic heterocycles. The zero-order valence-corrected chi connectivity index (χ0v) is 13.5. The first kappa shape index (κ1) is 15.9. The summed E-state index contributed by atoms with van der Waals surface area (Å²) in [4.78, 5) is 24.6. The highest BCUT2D eigenvalue weighted by molar-refractivity contribution is 7.98. The van der Waals surface area contributed by atoms with Gasteiger partial charge in [-0.2, -0.15) is 0 Å². The maximum Gasteiger partial charge on any atom is 0.307 e. The second-order valence-electron chi connectivity index (χ2n) is 6.12. The van der Waals surface area contributed by atoms with Gasteiger partial charge in [-0.3, -0.25) is 9.59 Å². The Morgan fingerprint density at radius 1 is 1.24 bits per heavy atom. The summed E-state index contributed by atoms with van der Waals surface area (Å²) in [6.45, 7) is 5.57. The Morgan fingerprint density at radius 3 is 2.24 bits per heavy atom. The summed E-state index contributed by atoms with van der Waals surface area (Å²) in [5.41, 5.74) is 0.560. The second-order valence-corrected chi connectivity index (χ2v) is 7.00. The van der Waals surface area contributed by atoms with Gasteiger partial charge in [0.25, 0.3) is 0 Å². The summed E-state index contributed by atoms with van der Waals surface area (Å²) in [7, 11) is 0. The van der Waals surface area contributed by atoms with Crippen molar-refractivity contribution >= 4 is 23.6 Å². The van der Waals surface area contributed by atoms with E-state index in [1.165, 1.54) is 4.90 Å². The van der Waals surface area contributed by atoms with Crippen LogP contribution < -0.4 is 5.32 Å². The van der Waals surface area contributed by atoms with Crippen LogP contribution in [0.15, 0.2) is 29.2 Å². The fourth-order valence-electron chi connectivity index (χ4n) is 2.87. The van der Waals surface area contributed by atoms with Gasteiger partial charge in [-0.1, -0.05) is 26.0 Å². The molecule has 0 saturated heterocycles. The van der Waals surface area contributed by atoms with Gasteiger partial charge in [0.15, 0.2) is 0 Å². The number of amides is 1. The van der Waals surface area contributed by atoms with Crippen LogP contribution in [-0.4, -0.2) is 23.2 Å². The van der Waals surface area contributed by atoms with E-state index in [9.17, 15) is 9.59 Å². The van der Waals surface area contributed by atoms with Crippen molar-refractivity contribution in [2.75, 3.05) is 6.26 Å². The molecule has 1 aromatic carbocycles. The van der Waals surface area contributed by atoms with E-state index >= 15 is 0 Å². The van der Waals surface area contributed by atoms with Crippen molar-refractivity contribution in [3.05, 3.63) is 29.8 Å². The van der Waals surface area contributed by atoms with Gasteiger partial charge in [-0.15, -0.1) is 11.8 Å². The lowest BCUT2D eigenvalue weighted by Crippen LogP contribution is -2.30. The Labute approximate surface area is 129 Å². The van der Waals surface area contributed by atoms with Crippen molar-refractivity contribution in [2.24, 2.45) is 17.3 Å². The number of aliphatic carboxylic acids is 1. The Hall–Kier alpha value is -1.49. The van der Waals surface area contributed by atoms with Gasteiger partial charge < -0.3 is 10.4 Å². The van der Waals surface area contributed by atoms with Gasteiger partial charge in [0.1, 0.15) is 0 Å². The molecule has 2 rings (SSSR count). The quantitative estimate of drug-likeness (QED) is 0.821. The number of benzene rings is 1. The van der Waals surface area contributed by atoms with Crippen LogP contribution in [0.5, 0.6) is 0 Å². The minimum Gasteiger partial charge on any atom is -0.481 e. The van der Waals surface area contributed by atoms with Crippen molar-refractivity contribution in [1.82, 2.24) is 5.32 Å². The van der Waals surface area contributed by atoms with E-state index in [1.54, 1.807) is 11.8 Å². The molecule has 1 aliphatic carbocycles. The molecular formula is C16H21NO3S. The molecule has 1 saturated carbocycles. The first-order valence-electron chi connectivity index (χ1n) is 6.96. The van der Waals surface area contributed by atoms with Crippen LogP contribution in [0.25, 0.3) is 0 Å². The summed E-state index contributed by atoms with van der Waals surface area (Å²) >= 11 is 1.67. The maximum absolute atomic E-state index is 12.3. The first-order chi connectivity index (χ1) is 9.78. The van der Waals surface area contributed by atoms with E-state index in [4.69, 9.17) is 5.11 Å². The number of thioether (sulfide) groups is 1. The number of hydrogen-bond acceptors (Lipinski definition) is 3. The van der Waals surface area contributed by atoms with Crippen LogP contribution in [0.1, 0.15) is 32.4 Å². The zero-order chi connectivity index (χ0) is 15.8. The van der Waals surface area contributed by atoms with E-state index in [-0.39, 0.29) is 11.9 Å². The fourth-order valence-corrected chi connectivity index (χ4v) is 3.28. The third-order valence-corrected chi connectivity index (χ3v) is 5.09. The number of carbonyl (C=O) groups is 2. The lowest BCUT2D eigenvalue weighted by molar-refractivity contribution is -0.140. The number of carboxylic acid groups (broad SMARTS) is 1. The molecule has 114 valence electrons. The van der Waals surface area contributed by atoms with Crippen LogP contribution in [-0.2, 0) is 9.59 Å². The molecule has 5 heteroatoms. The average molecular weight is 307 g/mol. The standard InChI is InChI=1S/C16H21NO3S/c1-9(10-5-7-11(21-4)8-6-10)17-14(18)12-13(15(19)20)16(12,2)3/h5-9,12-13H,1-4H3,(H,17,18)(H,19,20)/t9?,12-,13+/m1/s1. The molecule has 1 aromatic rings. The van der Waals surface area contributed by atoms with Crippen molar-refractivity contribution < 1.29 is 14.7 Å². The molecule has 0 radical (unpaired) electrons. The number of carbonyl (C=O) groups excluding carboxylic acids is 1. The molecule has 0 aliphatic heterocycles. The molecule has 21 heavy (non-hydrogen) atoms. The molecule has 1 amide bonds. The van der Waals surface area contributed by atoms with Gasteiger partial charge in [0.2, 0.25) is 5.91 Å². The van der Waals surface area contributed by atoms with Crippen LogP contribution >= 0.6 is 11.8 Å². The maximum atomic E-state index is 12.3. The predicted octanol–water partition coefficient (Wildman–Crippen LogP) is 2.94. The Bertz CT molecular complexity index is 553. The van der Waals surface area contributed by atoms with Crippen LogP contribution in [0.2, 0.25) is 0 Å². The molecule has 4 nitrogen and oxygen atoms in total. The summed E-state index contributed by atoms with van der Waals surface area (Å²) in [5, 5.41) is 12.1. The van der Waals surface area contributed by atoms with Crippen molar-refractivity contribution in [3.8, 4) is 0 Å². The average Bonchev–Trinajstić information content (AvgIpc) is 3.02. The van der Waals surface area contributed by atoms with Crippen LogP contribution in [0, 0.1) is 17.3 Å². The SMILES string of the molecule is CSc1ccc(C(C)NC(=O)[C@H]2[C@@H](C(=O)O)C2(C)C)cc1. The monoisotopic (exact) mass is 307 g/mol. The summed E-state index contributed by atoms with van der Waals surface area (Å²) in [6.07, 6.45) is 2.02. The van der Waals surface area contributed by atoms with E-state index in [2.05, 4.69) is 5.32 Å². The highest BCUT2D eigenvalue weighted by atomic mass is 32.2. The number of hydrogen-bond donors (Lipinski definition) is 2. The fraction of sp³-hybridized carbons (Fsp3) is 0.500. The highest BCUT2D eigenvalue weighted by Crippen LogP contribution is 2.58. The van der Waals surface area contributed by atoms with Gasteiger partial charge in [-0.05, 0) is 36.3 Å². The van der Waals surface area contributed by atoms with Crippen molar-refractivity contribution in [3.63, 3.8) is 0 Å². The normalized spacial score (nSPS) is 24.2. The topological polar surface area (TPSA) is 66.4 Å². The van der Waals surface area contributed by atoms with E-state index in [0.717, 1.165) is 5.56 Å². The smallest absolute Gasteiger partial charge is 0.307 e. The lowest BCUT2D eigenvalue weighted by atomic mass is 10.1.